The molecule has 0 N–H and O–H groups in total. The number of hydrogen-bond donors (Lipinski definition) is 0. The number of amides is 3. The molecule has 182 valence electrons. The quantitative estimate of drug-likeness (QED) is 0.0936. The van der Waals surface area contributed by atoms with Gasteiger partial charge in [0.15, 0.2) is 5.78 Å². The standard InChI is InChI=1S/C23H11Cl4N3O6/c24-17-15-16(18(25)20(27)19(17)26)23(34)29(22(15)33)28(10-14(31)11-4-2-1-3-5-11)21(32)12-6-8-13(9-7-12)30(35)36/h1-9H,10H2. The topological polar surface area (TPSA) is 118 Å². The second-order valence-electron chi connectivity index (χ2n) is 7.38. The van der Waals surface area contributed by atoms with Crippen molar-refractivity contribution < 1.29 is 24.1 Å². The summed E-state index contributed by atoms with van der Waals surface area (Å²) in [4.78, 5) is 63.5. The highest BCUT2D eigenvalue weighted by atomic mass is 35.5. The van der Waals surface area contributed by atoms with Gasteiger partial charge in [-0.25, -0.2) is 5.01 Å². The highest BCUT2D eigenvalue weighted by molar-refractivity contribution is 6.55. The fourth-order valence-electron chi connectivity index (χ4n) is 3.52. The summed E-state index contributed by atoms with van der Waals surface area (Å²) in [6.45, 7) is -0.734. The van der Waals surface area contributed by atoms with Crippen LogP contribution in [0, 0.1) is 10.1 Å². The Bertz CT molecular complexity index is 1410. The van der Waals surface area contributed by atoms with Gasteiger partial charge in [0.25, 0.3) is 23.4 Å². The molecule has 0 saturated carbocycles. The van der Waals surface area contributed by atoms with Crippen LogP contribution in [-0.2, 0) is 0 Å². The molecule has 3 aromatic carbocycles. The van der Waals surface area contributed by atoms with Gasteiger partial charge in [0.2, 0.25) is 0 Å². The van der Waals surface area contributed by atoms with Crippen LogP contribution >= 0.6 is 46.4 Å². The number of nitrogens with zero attached hydrogens (tertiary/aromatic N) is 3. The summed E-state index contributed by atoms with van der Waals surface area (Å²) >= 11 is 24.5. The smallest absolute Gasteiger partial charge is 0.282 e. The van der Waals surface area contributed by atoms with Crippen LogP contribution in [0.1, 0.15) is 41.4 Å². The molecule has 3 amide bonds. The maximum atomic E-state index is 13.5. The number of carbonyl (C=O) groups excluding carboxylic acids is 4. The van der Waals surface area contributed by atoms with E-state index < -0.39 is 35.0 Å². The molecule has 13 heteroatoms. The molecule has 0 bridgehead atoms. The van der Waals surface area contributed by atoms with Gasteiger partial charge in [-0.05, 0) is 12.1 Å². The van der Waals surface area contributed by atoms with Crippen molar-refractivity contribution in [2.24, 2.45) is 0 Å². The van der Waals surface area contributed by atoms with E-state index in [1.54, 1.807) is 18.2 Å². The summed E-state index contributed by atoms with van der Waals surface area (Å²) in [5, 5.41) is 10.8. The molecule has 3 aromatic rings. The van der Waals surface area contributed by atoms with Gasteiger partial charge >= 0.3 is 0 Å². The van der Waals surface area contributed by atoms with E-state index in [2.05, 4.69) is 0 Å². The normalized spacial score (nSPS) is 12.5. The number of rotatable bonds is 6. The molecule has 0 spiro atoms. The maximum Gasteiger partial charge on any atom is 0.282 e. The molecule has 9 nitrogen and oxygen atoms in total. The first-order chi connectivity index (χ1) is 17.0. The summed E-state index contributed by atoms with van der Waals surface area (Å²) in [5.74, 6) is -3.68. The number of imide groups is 1. The van der Waals surface area contributed by atoms with Crippen LogP contribution < -0.4 is 0 Å². The lowest BCUT2D eigenvalue weighted by molar-refractivity contribution is -0.384. The fraction of sp³-hybridized carbons (Fsp3) is 0.0435. The Morgan fingerprint density at radius 1 is 0.778 bits per heavy atom. The zero-order valence-corrected chi connectivity index (χ0v) is 20.7. The van der Waals surface area contributed by atoms with Crippen LogP contribution in [0.2, 0.25) is 20.1 Å². The Morgan fingerprint density at radius 3 is 1.75 bits per heavy atom. The average molecular weight is 567 g/mol. The second kappa shape index (κ2) is 9.87. The Labute approximate surface area is 222 Å². The highest BCUT2D eigenvalue weighted by Gasteiger charge is 2.46. The first kappa shape index (κ1) is 25.6. The highest BCUT2D eigenvalue weighted by Crippen LogP contribution is 2.45. The zero-order chi connectivity index (χ0) is 26.3. The molecule has 0 saturated heterocycles. The van der Waals surface area contributed by atoms with Crippen LogP contribution in [0.25, 0.3) is 0 Å². The van der Waals surface area contributed by atoms with Gasteiger partial charge in [0, 0.05) is 23.3 Å². The molecule has 0 fully saturated rings. The number of halogens is 4. The molecule has 1 heterocycles. The zero-order valence-electron chi connectivity index (χ0n) is 17.7. The average Bonchev–Trinajstić information content (AvgIpc) is 3.14. The molecular weight excluding hydrogens is 556 g/mol. The Balaban J connectivity index is 1.81. The SMILES string of the molecule is O=C(CN(C(=O)c1ccc([N+](=O)[O-])cc1)N1C(=O)c2c(Cl)c(Cl)c(Cl)c(Cl)c2C1=O)c1ccccc1. The number of hydrogen-bond acceptors (Lipinski definition) is 6. The van der Waals surface area contributed by atoms with E-state index in [9.17, 15) is 29.3 Å². The van der Waals surface area contributed by atoms with Crippen LogP contribution in [0.5, 0.6) is 0 Å². The lowest BCUT2D eigenvalue weighted by atomic mass is 10.1. The third kappa shape index (κ3) is 4.31. The van der Waals surface area contributed by atoms with Crippen LogP contribution in [0.3, 0.4) is 0 Å². The monoisotopic (exact) mass is 565 g/mol. The predicted molar refractivity (Wildman–Crippen MR) is 132 cm³/mol. The van der Waals surface area contributed by atoms with E-state index in [-0.39, 0.29) is 48.0 Å². The van der Waals surface area contributed by atoms with Gasteiger partial charge in [0.1, 0.15) is 6.54 Å². The van der Waals surface area contributed by atoms with Gasteiger partial charge in [-0.3, -0.25) is 29.3 Å². The molecule has 4 rings (SSSR count). The molecule has 0 aliphatic carbocycles. The van der Waals surface area contributed by atoms with E-state index in [4.69, 9.17) is 46.4 Å². The number of benzene rings is 3. The third-order valence-electron chi connectivity index (χ3n) is 5.27. The van der Waals surface area contributed by atoms with Crippen LogP contribution in [-0.4, -0.2) is 45.0 Å². The minimum Gasteiger partial charge on any atom is -0.292 e. The number of hydrazine groups is 1. The molecule has 1 aliphatic heterocycles. The number of nitro groups is 1. The summed E-state index contributed by atoms with van der Waals surface area (Å²) < 4.78 is 0. The van der Waals surface area contributed by atoms with Gasteiger partial charge in [-0.15, -0.1) is 0 Å². The molecule has 0 radical (unpaired) electrons. The van der Waals surface area contributed by atoms with Crippen molar-refractivity contribution in [2.45, 2.75) is 0 Å². The van der Waals surface area contributed by atoms with Gasteiger partial charge < -0.3 is 0 Å². The number of carbonyl (C=O) groups is 4. The lowest BCUT2D eigenvalue weighted by Gasteiger charge is -2.29. The minimum absolute atomic E-state index is 0.133. The largest absolute Gasteiger partial charge is 0.292 e. The Hall–Kier alpha value is -3.50. The van der Waals surface area contributed by atoms with E-state index >= 15 is 0 Å². The van der Waals surface area contributed by atoms with Gasteiger partial charge in [0.05, 0.1) is 36.1 Å². The van der Waals surface area contributed by atoms with Crippen molar-refractivity contribution in [3.05, 3.63) is 107 Å². The summed E-state index contributed by atoms with van der Waals surface area (Å²) in [6, 6.07) is 12.3. The van der Waals surface area contributed by atoms with Crippen molar-refractivity contribution in [3.63, 3.8) is 0 Å². The summed E-state index contributed by atoms with van der Waals surface area (Å²) in [7, 11) is 0. The van der Waals surface area contributed by atoms with Crippen molar-refractivity contribution in [1.29, 1.82) is 0 Å². The maximum absolute atomic E-state index is 13.5. The Kier molecular flexibility index (Phi) is 7.01. The third-order valence-corrected chi connectivity index (χ3v) is 7.07. The van der Waals surface area contributed by atoms with E-state index in [0.717, 1.165) is 24.3 Å². The lowest BCUT2D eigenvalue weighted by Crippen LogP contribution is -2.51. The number of Topliss-reactive ketones (excluding diaryl/α,β-unsaturated/α-hetero) is 1. The number of nitro benzene ring substituents is 1. The van der Waals surface area contributed by atoms with Crippen molar-refractivity contribution in [2.75, 3.05) is 6.54 Å². The van der Waals surface area contributed by atoms with Crippen molar-refractivity contribution in [1.82, 2.24) is 10.0 Å². The second-order valence-corrected chi connectivity index (χ2v) is 8.90. The summed E-state index contributed by atoms with van der Waals surface area (Å²) in [5.41, 5.74) is -0.976. The molecule has 0 unspecified atom stereocenters. The first-order valence-electron chi connectivity index (χ1n) is 9.93. The van der Waals surface area contributed by atoms with Gasteiger partial charge in [-0.1, -0.05) is 76.7 Å². The van der Waals surface area contributed by atoms with E-state index in [1.165, 1.54) is 12.1 Å². The van der Waals surface area contributed by atoms with Crippen molar-refractivity contribution >= 4 is 75.6 Å². The fourth-order valence-corrected chi connectivity index (χ4v) is 4.53. The molecule has 36 heavy (non-hydrogen) atoms. The van der Waals surface area contributed by atoms with E-state index in [0.29, 0.717) is 10.0 Å². The molecule has 0 atom stereocenters. The van der Waals surface area contributed by atoms with Crippen LogP contribution in [0.15, 0.2) is 54.6 Å². The number of non-ortho nitro benzene ring substituents is 1. The van der Waals surface area contributed by atoms with Crippen LogP contribution in [0.4, 0.5) is 5.69 Å². The number of fused-ring (bicyclic) bond motifs is 1. The summed E-state index contributed by atoms with van der Waals surface area (Å²) in [6.07, 6.45) is 0. The minimum atomic E-state index is -1.06. The Morgan fingerprint density at radius 2 is 1.28 bits per heavy atom. The number of ketones is 1. The van der Waals surface area contributed by atoms with Gasteiger partial charge in [-0.2, -0.15) is 5.01 Å². The molecule has 1 aliphatic rings. The van der Waals surface area contributed by atoms with E-state index in [1.807, 2.05) is 0 Å². The predicted octanol–water partition coefficient (Wildman–Crippen LogP) is 5.74. The first-order valence-corrected chi connectivity index (χ1v) is 11.4. The molecular formula is C23H11Cl4N3O6. The van der Waals surface area contributed by atoms with Crippen molar-refractivity contribution in [3.8, 4) is 0 Å². The molecule has 0 aromatic heterocycles.